The Kier molecular flexibility index (Phi) is 3.14. The van der Waals surface area contributed by atoms with E-state index in [2.05, 4.69) is 9.97 Å². The molecule has 0 fully saturated rings. The number of fused-ring (bicyclic) bond motifs is 1. The molecule has 1 aromatic heterocycles. The average molecular weight is 245 g/mol. The van der Waals surface area contributed by atoms with E-state index in [1.54, 1.807) is 12.1 Å². The highest BCUT2D eigenvalue weighted by molar-refractivity contribution is 6.42. The molecule has 0 atom stereocenters. The van der Waals surface area contributed by atoms with Crippen LogP contribution in [0, 0.1) is 0 Å². The van der Waals surface area contributed by atoms with Crippen LogP contribution in [0.3, 0.4) is 0 Å². The van der Waals surface area contributed by atoms with Crippen LogP contribution < -0.4 is 0 Å². The normalized spacial score (nSPS) is 11.1. The molecule has 0 saturated carbocycles. The highest BCUT2D eigenvalue weighted by atomic mass is 35.5. The van der Waals surface area contributed by atoms with E-state index in [1.165, 1.54) is 0 Å². The van der Waals surface area contributed by atoms with Crippen molar-refractivity contribution in [3.63, 3.8) is 0 Å². The van der Waals surface area contributed by atoms with Gasteiger partial charge in [-0.15, -0.1) is 0 Å². The summed E-state index contributed by atoms with van der Waals surface area (Å²) in [6, 6.07) is 3.51. The minimum absolute atomic E-state index is 0.473. The fourth-order valence-corrected chi connectivity index (χ4v) is 1.65. The van der Waals surface area contributed by atoms with Crippen molar-refractivity contribution >= 4 is 34.2 Å². The third kappa shape index (κ3) is 2.25. The monoisotopic (exact) mass is 244 g/mol. The first-order valence-corrected chi connectivity index (χ1v) is 5.37. The summed E-state index contributed by atoms with van der Waals surface area (Å²) in [5, 5.41) is 1.04. The number of nitrogens with zero attached hydrogens (tertiary/aromatic N) is 1. The fraction of sp³-hybridized carbons (Fsp3) is 0.300. The van der Waals surface area contributed by atoms with Crippen molar-refractivity contribution in [1.29, 1.82) is 0 Å². The standard InChI is InChI=1S/C10H10Cl2N2O/c1-2-15-5-10-13-8-3-6(11)7(12)4-9(8)14-10/h3-4H,2,5H2,1H3,(H,13,14). The number of benzene rings is 1. The molecule has 0 aliphatic heterocycles. The maximum atomic E-state index is 5.89. The van der Waals surface area contributed by atoms with Crippen LogP contribution in [0.2, 0.25) is 10.0 Å². The van der Waals surface area contributed by atoms with Crippen LogP contribution in [-0.2, 0) is 11.3 Å². The molecule has 0 aliphatic carbocycles. The molecule has 1 N–H and O–H groups in total. The number of halogens is 2. The van der Waals surface area contributed by atoms with Crippen molar-refractivity contribution in [3.05, 3.63) is 28.0 Å². The number of imidazole rings is 1. The number of rotatable bonds is 3. The van der Waals surface area contributed by atoms with Gasteiger partial charge in [-0.25, -0.2) is 4.98 Å². The molecule has 2 rings (SSSR count). The second-order valence-corrected chi connectivity index (χ2v) is 3.92. The lowest BCUT2D eigenvalue weighted by molar-refractivity contribution is 0.129. The first kappa shape index (κ1) is 10.7. The lowest BCUT2D eigenvalue weighted by Crippen LogP contribution is -1.93. The lowest BCUT2D eigenvalue weighted by Gasteiger charge is -1.94. The summed E-state index contributed by atoms with van der Waals surface area (Å²) in [4.78, 5) is 7.45. The molecule has 5 heteroatoms. The summed E-state index contributed by atoms with van der Waals surface area (Å²) in [6.07, 6.45) is 0. The summed E-state index contributed by atoms with van der Waals surface area (Å²) >= 11 is 11.8. The van der Waals surface area contributed by atoms with Crippen LogP contribution in [0.15, 0.2) is 12.1 Å². The van der Waals surface area contributed by atoms with Crippen LogP contribution in [-0.4, -0.2) is 16.6 Å². The smallest absolute Gasteiger partial charge is 0.133 e. The Morgan fingerprint density at radius 3 is 2.80 bits per heavy atom. The van der Waals surface area contributed by atoms with E-state index >= 15 is 0 Å². The Morgan fingerprint density at radius 2 is 2.07 bits per heavy atom. The molecule has 80 valence electrons. The Hall–Kier alpha value is -0.770. The van der Waals surface area contributed by atoms with Gasteiger partial charge >= 0.3 is 0 Å². The Labute approximate surface area is 97.4 Å². The van der Waals surface area contributed by atoms with Crippen LogP contribution in [0.4, 0.5) is 0 Å². The molecule has 1 aromatic carbocycles. The van der Waals surface area contributed by atoms with Crippen LogP contribution in [0.25, 0.3) is 11.0 Å². The quantitative estimate of drug-likeness (QED) is 0.899. The van der Waals surface area contributed by atoms with Gasteiger partial charge in [0.05, 0.1) is 21.1 Å². The van der Waals surface area contributed by atoms with Gasteiger partial charge in [0.1, 0.15) is 12.4 Å². The Balaban J connectivity index is 2.38. The SMILES string of the molecule is CCOCc1nc2cc(Cl)c(Cl)cc2[nH]1. The number of hydrogen-bond donors (Lipinski definition) is 1. The van der Waals surface area contributed by atoms with E-state index in [4.69, 9.17) is 27.9 Å². The third-order valence-corrected chi connectivity index (χ3v) is 2.74. The van der Waals surface area contributed by atoms with Crippen molar-refractivity contribution < 1.29 is 4.74 Å². The Bertz CT molecular complexity index is 442. The number of nitrogens with one attached hydrogen (secondary N) is 1. The van der Waals surface area contributed by atoms with E-state index in [-0.39, 0.29) is 0 Å². The molecule has 15 heavy (non-hydrogen) atoms. The van der Waals surface area contributed by atoms with Gasteiger partial charge in [0.2, 0.25) is 0 Å². The van der Waals surface area contributed by atoms with Crippen LogP contribution in [0.5, 0.6) is 0 Å². The van der Waals surface area contributed by atoms with E-state index < -0.39 is 0 Å². The molecular formula is C10H10Cl2N2O. The molecular weight excluding hydrogens is 235 g/mol. The Morgan fingerprint density at radius 1 is 1.33 bits per heavy atom. The van der Waals surface area contributed by atoms with E-state index in [0.29, 0.717) is 23.3 Å². The zero-order chi connectivity index (χ0) is 10.8. The zero-order valence-electron chi connectivity index (χ0n) is 8.18. The largest absolute Gasteiger partial charge is 0.374 e. The predicted molar refractivity (Wildman–Crippen MR) is 61.4 cm³/mol. The van der Waals surface area contributed by atoms with Crippen molar-refractivity contribution in [3.8, 4) is 0 Å². The number of ether oxygens (including phenoxy) is 1. The summed E-state index contributed by atoms with van der Waals surface area (Å²) in [6.45, 7) is 3.08. The van der Waals surface area contributed by atoms with Crippen LogP contribution in [0.1, 0.15) is 12.7 Å². The predicted octanol–water partition coefficient (Wildman–Crippen LogP) is 3.41. The highest BCUT2D eigenvalue weighted by Crippen LogP contribution is 2.26. The molecule has 0 bridgehead atoms. The second-order valence-electron chi connectivity index (χ2n) is 3.10. The number of hydrogen-bond acceptors (Lipinski definition) is 2. The van der Waals surface area contributed by atoms with Crippen molar-refractivity contribution in [1.82, 2.24) is 9.97 Å². The fourth-order valence-electron chi connectivity index (χ4n) is 1.32. The summed E-state index contributed by atoms with van der Waals surface area (Å²) < 4.78 is 5.25. The topological polar surface area (TPSA) is 37.9 Å². The van der Waals surface area contributed by atoms with Gasteiger partial charge in [-0.2, -0.15) is 0 Å². The van der Waals surface area contributed by atoms with Gasteiger partial charge in [-0.1, -0.05) is 23.2 Å². The number of H-pyrrole nitrogens is 1. The van der Waals surface area contributed by atoms with E-state index in [1.807, 2.05) is 6.92 Å². The van der Waals surface area contributed by atoms with Crippen molar-refractivity contribution in [2.24, 2.45) is 0 Å². The zero-order valence-corrected chi connectivity index (χ0v) is 9.69. The maximum Gasteiger partial charge on any atom is 0.133 e. The minimum Gasteiger partial charge on any atom is -0.374 e. The number of aromatic amines is 1. The van der Waals surface area contributed by atoms with Crippen molar-refractivity contribution in [2.75, 3.05) is 6.61 Å². The van der Waals surface area contributed by atoms with Gasteiger partial charge in [-0.3, -0.25) is 0 Å². The molecule has 2 aromatic rings. The van der Waals surface area contributed by atoms with Gasteiger partial charge in [0, 0.05) is 6.61 Å². The average Bonchev–Trinajstić information content (AvgIpc) is 2.58. The molecule has 1 heterocycles. The first-order chi connectivity index (χ1) is 7.20. The molecule has 0 saturated heterocycles. The van der Waals surface area contributed by atoms with Crippen molar-refractivity contribution in [2.45, 2.75) is 13.5 Å². The number of aromatic nitrogens is 2. The van der Waals surface area contributed by atoms with E-state index in [0.717, 1.165) is 16.9 Å². The molecule has 3 nitrogen and oxygen atoms in total. The molecule has 0 aliphatic rings. The summed E-state index contributed by atoms with van der Waals surface area (Å²) in [7, 11) is 0. The van der Waals surface area contributed by atoms with Gasteiger partial charge in [-0.05, 0) is 19.1 Å². The minimum atomic E-state index is 0.473. The van der Waals surface area contributed by atoms with Gasteiger partial charge in [0.25, 0.3) is 0 Å². The third-order valence-electron chi connectivity index (χ3n) is 2.02. The summed E-state index contributed by atoms with van der Waals surface area (Å²) in [5.41, 5.74) is 1.68. The van der Waals surface area contributed by atoms with Gasteiger partial charge in [0.15, 0.2) is 0 Å². The lowest BCUT2D eigenvalue weighted by atomic mass is 10.3. The van der Waals surface area contributed by atoms with Crippen LogP contribution >= 0.6 is 23.2 Å². The second kappa shape index (κ2) is 4.39. The highest BCUT2D eigenvalue weighted by Gasteiger charge is 2.06. The maximum absolute atomic E-state index is 5.89. The summed E-state index contributed by atoms with van der Waals surface area (Å²) in [5.74, 6) is 0.783. The van der Waals surface area contributed by atoms with Gasteiger partial charge < -0.3 is 9.72 Å². The molecule has 0 spiro atoms. The molecule has 0 radical (unpaired) electrons. The molecule has 0 amide bonds. The molecule has 0 unspecified atom stereocenters. The van der Waals surface area contributed by atoms with E-state index in [9.17, 15) is 0 Å². The first-order valence-electron chi connectivity index (χ1n) is 4.62.